The molecule has 1 aromatic heterocycles. The minimum atomic E-state index is -0.157. The van der Waals surface area contributed by atoms with Crippen molar-refractivity contribution in [1.82, 2.24) is 4.57 Å². The molecule has 0 bridgehead atoms. The van der Waals surface area contributed by atoms with Crippen molar-refractivity contribution in [3.63, 3.8) is 0 Å². The molecule has 0 aromatic carbocycles. The van der Waals surface area contributed by atoms with Gasteiger partial charge in [0.1, 0.15) is 5.75 Å². The summed E-state index contributed by atoms with van der Waals surface area (Å²) in [5.41, 5.74) is 0.571. The lowest BCUT2D eigenvalue weighted by molar-refractivity contribution is 0.466. The Balaban J connectivity index is 3.32. The maximum atomic E-state index is 11.0. The summed E-state index contributed by atoms with van der Waals surface area (Å²) in [5.74, 6) is 0.0692. The second kappa shape index (κ2) is 2.78. The van der Waals surface area contributed by atoms with E-state index in [1.807, 2.05) is 6.92 Å². The molecular weight excluding hydrogens is 142 g/mol. The van der Waals surface area contributed by atoms with Crippen molar-refractivity contribution in [1.29, 1.82) is 0 Å². The highest BCUT2D eigenvalue weighted by atomic mass is 16.3. The third-order valence-electron chi connectivity index (χ3n) is 1.64. The molecule has 0 atom stereocenters. The van der Waals surface area contributed by atoms with Gasteiger partial charge in [-0.05, 0) is 13.8 Å². The SMILES string of the molecule is CCn1cc(C)c(O)cc1=O. The van der Waals surface area contributed by atoms with Gasteiger partial charge in [-0.25, -0.2) is 0 Å². The highest BCUT2D eigenvalue weighted by molar-refractivity contribution is 5.27. The Hall–Kier alpha value is -1.25. The summed E-state index contributed by atoms with van der Waals surface area (Å²) in [6.07, 6.45) is 1.65. The second-order valence-corrected chi connectivity index (χ2v) is 2.47. The molecule has 1 heterocycles. The molecule has 0 saturated carbocycles. The molecule has 0 saturated heterocycles. The van der Waals surface area contributed by atoms with Crippen LogP contribution in [-0.4, -0.2) is 9.67 Å². The Bertz CT molecular complexity index is 314. The molecule has 0 unspecified atom stereocenters. The summed E-state index contributed by atoms with van der Waals surface area (Å²) in [7, 11) is 0. The molecular formula is C8H11NO2. The van der Waals surface area contributed by atoms with Gasteiger partial charge in [0.15, 0.2) is 0 Å². The van der Waals surface area contributed by atoms with Crippen LogP contribution in [0, 0.1) is 6.92 Å². The Morgan fingerprint density at radius 2 is 2.27 bits per heavy atom. The number of hydrogen-bond acceptors (Lipinski definition) is 2. The number of nitrogens with zero attached hydrogens (tertiary/aromatic N) is 1. The summed E-state index contributed by atoms with van der Waals surface area (Å²) in [6.45, 7) is 4.29. The van der Waals surface area contributed by atoms with Crippen LogP contribution in [0.25, 0.3) is 0 Å². The number of aryl methyl sites for hydroxylation is 2. The molecule has 0 fully saturated rings. The van der Waals surface area contributed by atoms with Gasteiger partial charge in [0, 0.05) is 24.4 Å². The average molecular weight is 153 g/mol. The number of hydrogen-bond donors (Lipinski definition) is 1. The standard InChI is InChI=1S/C8H11NO2/c1-3-9-5-6(2)7(10)4-8(9)11/h4-5,10H,3H2,1-2H3. The molecule has 0 aliphatic carbocycles. The quantitative estimate of drug-likeness (QED) is 0.650. The lowest BCUT2D eigenvalue weighted by Gasteiger charge is -2.03. The van der Waals surface area contributed by atoms with E-state index in [9.17, 15) is 4.79 Å². The van der Waals surface area contributed by atoms with E-state index in [2.05, 4.69) is 0 Å². The summed E-state index contributed by atoms with van der Waals surface area (Å²) >= 11 is 0. The van der Waals surface area contributed by atoms with Crippen LogP contribution in [0.5, 0.6) is 5.75 Å². The normalized spacial score (nSPS) is 10.0. The van der Waals surface area contributed by atoms with Crippen LogP contribution in [0.15, 0.2) is 17.1 Å². The Labute approximate surface area is 64.9 Å². The number of pyridine rings is 1. The minimum Gasteiger partial charge on any atom is -0.507 e. The Morgan fingerprint density at radius 1 is 1.64 bits per heavy atom. The highest BCUT2D eigenvalue weighted by Crippen LogP contribution is 2.10. The van der Waals surface area contributed by atoms with Gasteiger partial charge >= 0.3 is 0 Å². The van der Waals surface area contributed by atoms with Crippen LogP contribution < -0.4 is 5.56 Å². The van der Waals surface area contributed by atoms with E-state index in [0.29, 0.717) is 6.54 Å². The topological polar surface area (TPSA) is 42.2 Å². The molecule has 1 N–H and O–H groups in total. The van der Waals surface area contributed by atoms with Crippen molar-refractivity contribution in [3.8, 4) is 5.75 Å². The maximum Gasteiger partial charge on any atom is 0.254 e. The van der Waals surface area contributed by atoms with Gasteiger partial charge in [0.05, 0.1) is 0 Å². The van der Waals surface area contributed by atoms with Gasteiger partial charge in [0.2, 0.25) is 0 Å². The zero-order chi connectivity index (χ0) is 8.43. The van der Waals surface area contributed by atoms with Crippen LogP contribution in [0.2, 0.25) is 0 Å². The van der Waals surface area contributed by atoms with Crippen molar-refractivity contribution >= 4 is 0 Å². The third-order valence-corrected chi connectivity index (χ3v) is 1.64. The zero-order valence-electron chi connectivity index (χ0n) is 6.66. The first-order chi connectivity index (χ1) is 5.15. The molecule has 0 spiro atoms. The number of aromatic nitrogens is 1. The largest absolute Gasteiger partial charge is 0.507 e. The summed E-state index contributed by atoms with van der Waals surface area (Å²) in [6, 6.07) is 1.23. The Morgan fingerprint density at radius 3 is 2.82 bits per heavy atom. The summed E-state index contributed by atoms with van der Waals surface area (Å²) < 4.78 is 1.55. The minimum absolute atomic E-state index is 0.0692. The smallest absolute Gasteiger partial charge is 0.254 e. The summed E-state index contributed by atoms with van der Waals surface area (Å²) in [5, 5.41) is 9.11. The van der Waals surface area contributed by atoms with E-state index in [1.54, 1.807) is 17.7 Å². The molecule has 1 rings (SSSR count). The van der Waals surface area contributed by atoms with Gasteiger partial charge in [-0.15, -0.1) is 0 Å². The first-order valence-corrected chi connectivity index (χ1v) is 3.55. The predicted octanol–water partition coefficient (Wildman–Crippen LogP) is 0.882. The fourth-order valence-corrected chi connectivity index (χ4v) is 0.924. The molecule has 0 aliphatic rings. The van der Waals surface area contributed by atoms with Crippen molar-refractivity contribution in [3.05, 3.63) is 28.2 Å². The van der Waals surface area contributed by atoms with Gasteiger partial charge in [-0.2, -0.15) is 0 Å². The monoisotopic (exact) mass is 153 g/mol. The van der Waals surface area contributed by atoms with Gasteiger partial charge in [0.25, 0.3) is 5.56 Å². The molecule has 0 amide bonds. The van der Waals surface area contributed by atoms with E-state index in [1.165, 1.54) is 6.07 Å². The fourth-order valence-electron chi connectivity index (χ4n) is 0.924. The van der Waals surface area contributed by atoms with Gasteiger partial charge in [-0.3, -0.25) is 4.79 Å². The van der Waals surface area contributed by atoms with Crippen LogP contribution in [0.3, 0.4) is 0 Å². The summed E-state index contributed by atoms with van der Waals surface area (Å²) in [4.78, 5) is 11.0. The number of aromatic hydroxyl groups is 1. The molecule has 0 aliphatic heterocycles. The zero-order valence-corrected chi connectivity index (χ0v) is 6.66. The van der Waals surface area contributed by atoms with Gasteiger partial charge < -0.3 is 9.67 Å². The molecule has 3 nitrogen and oxygen atoms in total. The lowest BCUT2D eigenvalue weighted by atomic mass is 10.3. The average Bonchev–Trinajstić information content (AvgIpc) is 1.97. The van der Waals surface area contributed by atoms with E-state index in [4.69, 9.17) is 5.11 Å². The number of rotatable bonds is 1. The van der Waals surface area contributed by atoms with Crippen LogP contribution in [0.4, 0.5) is 0 Å². The molecule has 11 heavy (non-hydrogen) atoms. The van der Waals surface area contributed by atoms with Crippen LogP contribution in [0.1, 0.15) is 12.5 Å². The Kier molecular flexibility index (Phi) is 1.98. The molecule has 60 valence electrons. The van der Waals surface area contributed by atoms with E-state index in [0.717, 1.165) is 5.56 Å². The van der Waals surface area contributed by atoms with E-state index in [-0.39, 0.29) is 11.3 Å². The first-order valence-electron chi connectivity index (χ1n) is 3.55. The van der Waals surface area contributed by atoms with Crippen LogP contribution >= 0.6 is 0 Å². The fraction of sp³-hybridized carbons (Fsp3) is 0.375. The van der Waals surface area contributed by atoms with Crippen molar-refractivity contribution in [2.45, 2.75) is 20.4 Å². The molecule has 0 radical (unpaired) electrons. The maximum absolute atomic E-state index is 11.0. The lowest BCUT2D eigenvalue weighted by Crippen LogP contribution is -2.17. The third kappa shape index (κ3) is 1.42. The van der Waals surface area contributed by atoms with Gasteiger partial charge in [-0.1, -0.05) is 0 Å². The van der Waals surface area contributed by atoms with E-state index < -0.39 is 0 Å². The first kappa shape index (κ1) is 7.85. The van der Waals surface area contributed by atoms with Crippen molar-refractivity contribution < 1.29 is 5.11 Å². The van der Waals surface area contributed by atoms with E-state index >= 15 is 0 Å². The molecule has 3 heteroatoms. The second-order valence-electron chi connectivity index (χ2n) is 2.47. The van der Waals surface area contributed by atoms with Crippen LogP contribution in [-0.2, 0) is 6.54 Å². The van der Waals surface area contributed by atoms with Crippen molar-refractivity contribution in [2.75, 3.05) is 0 Å². The molecule has 1 aromatic rings. The van der Waals surface area contributed by atoms with Crippen molar-refractivity contribution in [2.24, 2.45) is 0 Å². The predicted molar refractivity (Wildman–Crippen MR) is 42.8 cm³/mol. The highest BCUT2D eigenvalue weighted by Gasteiger charge is 1.98.